The molecule has 0 radical (unpaired) electrons. The number of carbonyl (C=O) groups excluding carboxylic acids is 1. The number of hydrogen-bond donors (Lipinski definition) is 1. The lowest BCUT2D eigenvalue weighted by Crippen LogP contribution is -2.13. The maximum atomic E-state index is 10.9. The Bertz CT molecular complexity index is 402. The maximum absolute atomic E-state index is 10.9. The van der Waals surface area contributed by atoms with Gasteiger partial charge in [0.1, 0.15) is 0 Å². The molecule has 70 valence electrons. The van der Waals surface area contributed by atoms with Crippen LogP contribution in [-0.2, 0) is 4.79 Å². The van der Waals surface area contributed by atoms with Gasteiger partial charge in [-0.3, -0.25) is 10.1 Å². The highest BCUT2D eigenvalue weighted by atomic mass is 16.1. The van der Waals surface area contributed by atoms with Crippen molar-refractivity contribution in [3.8, 4) is 6.19 Å². The van der Waals surface area contributed by atoms with Crippen LogP contribution in [-0.4, -0.2) is 5.91 Å². The Morgan fingerprint density at radius 2 is 2.21 bits per heavy atom. The molecule has 14 heavy (non-hydrogen) atoms. The van der Waals surface area contributed by atoms with Gasteiger partial charge in [-0.25, -0.2) is 0 Å². The molecule has 1 aromatic carbocycles. The van der Waals surface area contributed by atoms with E-state index in [9.17, 15) is 4.79 Å². The van der Waals surface area contributed by atoms with E-state index in [0.717, 1.165) is 11.1 Å². The second-order valence-corrected chi connectivity index (χ2v) is 2.79. The Hall–Kier alpha value is -2.08. The van der Waals surface area contributed by atoms with Gasteiger partial charge in [-0.2, -0.15) is 5.26 Å². The molecule has 0 aliphatic rings. The van der Waals surface area contributed by atoms with Gasteiger partial charge in [0.15, 0.2) is 6.19 Å². The molecule has 1 N–H and O–H groups in total. The molecule has 0 unspecified atom stereocenters. The van der Waals surface area contributed by atoms with Crippen LogP contribution < -0.4 is 5.32 Å². The van der Waals surface area contributed by atoms with Crippen molar-refractivity contribution in [1.29, 1.82) is 5.26 Å². The molecule has 0 fully saturated rings. The third kappa shape index (κ3) is 2.76. The van der Waals surface area contributed by atoms with Gasteiger partial charge in [-0.1, -0.05) is 24.3 Å². The molecule has 0 aromatic heterocycles. The second-order valence-electron chi connectivity index (χ2n) is 2.79. The maximum Gasteiger partial charge on any atom is 0.256 e. The van der Waals surface area contributed by atoms with Gasteiger partial charge in [0.25, 0.3) is 5.91 Å². The summed E-state index contributed by atoms with van der Waals surface area (Å²) in [5, 5.41) is 10.2. The number of amides is 1. The molecule has 0 spiro atoms. The molecular formula is C11H10N2O. The van der Waals surface area contributed by atoms with Crippen LogP contribution in [0, 0.1) is 18.4 Å². The number of nitriles is 1. The topological polar surface area (TPSA) is 52.9 Å². The largest absolute Gasteiger partial charge is 0.269 e. The first kappa shape index (κ1) is 10.0. The van der Waals surface area contributed by atoms with Crippen LogP contribution in [0.1, 0.15) is 11.1 Å². The zero-order valence-electron chi connectivity index (χ0n) is 7.82. The van der Waals surface area contributed by atoms with Crippen molar-refractivity contribution in [3.63, 3.8) is 0 Å². The normalized spacial score (nSPS) is 9.71. The summed E-state index contributed by atoms with van der Waals surface area (Å²) in [6, 6.07) is 7.70. The molecule has 3 nitrogen and oxygen atoms in total. The molecule has 0 aliphatic heterocycles. The van der Waals surface area contributed by atoms with Gasteiger partial charge in [0.2, 0.25) is 0 Å². The summed E-state index contributed by atoms with van der Waals surface area (Å²) in [4.78, 5) is 10.9. The van der Waals surface area contributed by atoms with Crippen molar-refractivity contribution >= 4 is 12.0 Å². The number of nitrogens with one attached hydrogen (secondary N) is 1. The van der Waals surface area contributed by atoms with Crippen molar-refractivity contribution in [2.24, 2.45) is 0 Å². The fourth-order valence-electron chi connectivity index (χ4n) is 1.04. The number of carbonyl (C=O) groups is 1. The third-order valence-corrected chi connectivity index (χ3v) is 1.78. The van der Waals surface area contributed by atoms with Gasteiger partial charge < -0.3 is 0 Å². The highest BCUT2D eigenvalue weighted by Crippen LogP contribution is 2.08. The van der Waals surface area contributed by atoms with Gasteiger partial charge in [0, 0.05) is 6.08 Å². The quantitative estimate of drug-likeness (QED) is 0.433. The second kappa shape index (κ2) is 4.83. The first-order chi connectivity index (χ1) is 6.74. The van der Waals surface area contributed by atoms with E-state index in [4.69, 9.17) is 5.26 Å². The average molecular weight is 186 g/mol. The monoisotopic (exact) mass is 186 g/mol. The summed E-state index contributed by atoms with van der Waals surface area (Å²) in [6.45, 7) is 1.96. The van der Waals surface area contributed by atoms with Gasteiger partial charge in [-0.05, 0) is 24.1 Å². The molecule has 0 heterocycles. The lowest BCUT2D eigenvalue weighted by atomic mass is 10.1. The summed E-state index contributed by atoms with van der Waals surface area (Å²) in [5.41, 5.74) is 2.06. The minimum atomic E-state index is -0.407. The van der Waals surface area contributed by atoms with Crippen LogP contribution >= 0.6 is 0 Å². The molecule has 1 rings (SSSR count). The Labute approximate surface area is 82.7 Å². The van der Waals surface area contributed by atoms with Crippen LogP contribution in [0.2, 0.25) is 0 Å². The standard InChI is InChI=1S/C11H10N2O/c1-9-4-2-3-5-10(9)6-7-11(14)13-8-12/h2-7H,1H3,(H,13,14). The number of rotatable bonds is 2. The molecular weight excluding hydrogens is 176 g/mol. The zero-order chi connectivity index (χ0) is 10.4. The smallest absolute Gasteiger partial charge is 0.256 e. The van der Waals surface area contributed by atoms with Crippen LogP contribution in [0.15, 0.2) is 30.3 Å². The van der Waals surface area contributed by atoms with E-state index >= 15 is 0 Å². The molecule has 0 atom stereocenters. The predicted octanol–water partition coefficient (Wildman–Crippen LogP) is 1.61. The van der Waals surface area contributed by atoms with Crippen LogP contribution in [0.3, 0.4) is 0 Å². The molecule has 1 aromatic rings. The number of hydrogen-bond acceptors (Lipinski definition) is 2. The molecule has 0 saturated heterocycles. The molecule has 0 bridgehead atoms. The molecule has 0 aliphatic carbocycles. The number of benzene rings is 1. The van der Waals surface area contributed by atoms with E-state index in [-0.39, 0.29) is 0 Å². The van der Waals surface area contributed by atoms with E-state index in [1.54, 1.807) is 12.3 Å². The third-order valence-electron chi connectivity index (χ3n) is 1.78. The van der Waals surface area contributed by atoms with Crippen molar-refractivity contribution in [2.45, 2.75) is 6.92 Å². The van der Waals surface area contributed by atoms with Crippen LogP contribution in [0.4, 0.5) is 0 Å². The van der Waals surface area contributed by atoms with Crippen LogP contribution in [0.25, 0.3) is 6.08 Å². The van der Waals surface area contributed by atoms with Crippen molar-refractivity contribution in [3.05, 3.63) is 41.5 Å². The summed E-state index contributed by atoms with van der Waals surface area (Å²) >= 11 is 0. The van der Waals surface area contributed by atoms with E-state index in [1.807, 2.05) is 36.5 Å². The Morgan fingerprint density at radius 3 is 2.86 bits per heavy atom. The summed E-state index contributed by atoms with van der Waals surface area (Å²) in [5.74, 6) is -0.407. The first-order valence-electron chi connectivity index (χ1n) is 4.17. The fraction of sp³-hybridized carbons (Fsp3) is 0.0909. The lowest BCUT2D eigenvalue weighted by molar-refractivity contribution is -0.115. The Balaban J connectivity index is 2.75. The highest BCUT2D eigenvalue weighted by molar-refractivity contribution is 5.92. The first-order valence-corrected chi connectivity index (χ1v) is 4.17. The fourth-order valence-corrected chi connectivity index (χ4v) is 1.04. The Morgan fingerprint density at radius 1 is 1.50 bits per heavy atom. The summed E-state index contributed by atoms with van der Waals surface area (Å²) < 4.78 is 0. The van der Waals surface area contributed by atoms with Gasteiger partial charge >= 0.3 is 0 Å². The summed E-state index contributed by atoms with van der Waals surface area (Å²) in [6.07, 6.45) is 4.59. The minimum Gasteiger partial charge on any atom is -0.269 e. The van der Waals surface area contributed by atoms with Crippen LogP contribution in [0.5, 0.6) is 0 Å². The SMILES string of the molecule is Cc1ccccc1C=CC(=O)NC#N. The van der Waals surface area contributed by atoms with Gasteiger partial charge in [0.05, 0.1) is 0 Å². The highest BCUT2D eigenvalue weighted by Gasteiger charge is 1.94. The molecule has 0 saturated carbocycles. The van der Waals surface area contributed by atoms with E-state index < -0.39 is 5.91 Å². The zero-order valence-corrected chi connectivity index (χ0v) is 7.82. The van der Waals surface area contributed by atoms with Gasteiger partial charge in [-0.15, -0.1) is 0 Å². The minimum absolute atomic E-state index is 0.407. The lowest BCUT2D eigenvalue weighted by Gasteiger charge is -1.97. The number of aryl methyl sites for hydroxylation is 1. The van der Waals surface area contributed by atoms with E-state index in [1.165, 1.54) is 6.08 Å². The van der Waals surface area contributed by atoms with Crippen molar-refractivity contribution in [1.82, 2.24) is 5.32 Å². The predicted molar refractivity (Wildman–Crippen MR) is 54.0 cm³/mol. The Kier molecular flexibility index (Phi) is 3.45. The molecule has 1 amide bonds. The molecule has 3 heteroatoms. The number of nitrogens with zero attached hydrogens (tertiary/aromatic N) is 1. The van der Waals surface area contributed by atoms with Crippen molar-refractivity contribution in [2.75, 3.05) is 0 Å². The summed E-state index contributed by atoms with van der Waals surface area (Å²) in [7, 11) is 0. The van der Waals surface area contributed by atoms with E-state index in [0.29, 0.717) is 0 Å². The average Bonchev–Trinajstić information content (AvgIpc) is 2.17. The van der Waals surface area contributed by atoms with Crippen molar-refractivity contribution < 1.29 is 4.79 Å². The van der Waals surface area contributed by atoms with E-state index in [2.05, 4.69) is 0 Å².